The first-order chi connectivity index (χ1) is 12.7. The Morgan fingerprint density at radius 2 is 1.74 bits per heavy atom. The first-order valence-electron chi connectivity index (χ1n) is 10.6. The van der Waals surface area contributed by atoms with Gasteiger partial charge in [-0.05, 0) is 51.4 Å². The van der Waals surface area contributed by atoms with Crippen LogP contribution in [0, 0.1) is 11.8 Å². The van der Waals surface area contributed by atoms with Gasteiger partial charge in [0.1, 0.15) is 6.04 Å². The third-order valence-corrected chi connectivity index (χ3v) is 5.69. The number of Topliss-reactive ketones (excluding diaryl/α,β-unsaturated/α-hetero) is 1. The molecule has 1 saturated heterocycles. The van der Waals surface area contributed by atoms with Gasteiger partial charge >= 0.3 is 6.03 Å². The number of rotatable bonds is 10. The molecule has 2 N–H and O–H groups in total. The molecule has 0 aromatic carbocycles. The molecule has 4 unspecified atom stereocenters. The Balaban J connectivity index is 2.96. The zero-order chi connectivity index (χ0) is 20.6. The molecule has 3 amide bonds. The molecule has 0 radical (unpaired) electrons. The van der Waals surface area contributed by atoms with Crippen molar-refractivity contribution < 1.29 is 14.4 Å². The summed E-state index contributed by atoms with van der Waals surface area (Å²) in [5, 5.41) is 5.78. The molecule has 1 aliphatic rings. The number of nitrogens with zero attached hydrogens (tertiary/aromatic N) is 1. The van der Waals surface area contributed by atoms with Crippen LogP contribution < -0.4 is 10.6 Å². The van der Waals surface area contributed by atoms with Crippen molar-refractivity contribution in [1.29, 1.82) is 0 Å². The van der Waals surface area contributed by atoms with E-state index in [1.165, 1.54) is 0 Å². The third kappa shape index (κ3) is 6.82. The molecule has 5 atom stereocenters. The van der Waals surface area contributed by atoms with E-state index in [4.69, 9.17) is 0 Å². The highest BCUT2D eigenvalue weighted by Crippen LogP contribution is 2.29. The number of hydrogen-bond donors (Lipinski definition) is 2. The van der Waals surface area contributed by atoms with Crippen molar-refractivity contribution in [2.24, 2.45) is 11.8 Å². The molecule has 0 saturated carbocycles. The molecule has 1 fully saturated rings. The quantitative estimate of drug-likeness (QED) is 0.608. The number of hydrogen-bond acceptors (Lipinski definition) is 3. The minimum Gasteiger partial charge on any atom is -0.336 e. The number of carbonyl (C=O) groups excluding carboxylic acids is 3. The molecule has 6 heteroatoms. The van der Waals surface area contributed by atoms with Crippen LogP contribution in [0.25, 0.3) is 0 Å². The normalized spacial score (nSPS) is 22.8. The molecule has 1 rings (SSSR count). The second-order valence-corrected chi connectivity index (χ2v) is 8.18. The smallest absolute Gasteiger partial charge is 0.315 e. The highest BCUT2D eigenvalue weighted by molar-refractivity contribution is 5.92. The van der Waals surface area contributed by atoms with Crippen LogP contribution in [0.4, 0.5) is 4.79 Å². The topological polar surface area (TPSA) is 78.5 Å². The highest BCUT2D eigenvalue weighted by Gasteiger charge is 2.41. The van der Waals surface area contributed by atoms with Crippen molar-refractivity contribution in [3.8, 4) is 0 Å². The van der Waals surface area contributed by atoms with Crippen LogP contribution in [-0.2, 0) is 9.59 Å². The Morgan fingerprint density at radius 3 is 2.26 bits per heavy atom. The van der Waals surface area contributed by atoms with Crippen molar-refractivity contribution >= 4 is 17.7 Å². The summed E-state index contributed by atoms with van der Waals surface area (Å²) in [6.45, 7) is 12.3. The second-order valence-electron chi connectivity index (χ2n) is 8.18. The van der Waals surface area contributed by atoms with Gasteiger partial charge in [-0.3, -0.25) is 9.59 Å². The molecule has 0 aromatic rings. The predicted molar refractivity (Wildman–Crippen MR) is 108 cm³/mol. The van der Waals surface area contributed by atoms with Crippen molar-refractivity contribution in [2.75, 3.05) is 6.54 Å². The Morgan fingerprint density at radius 1 is 1.07 bits per heavy atom. The molecule has 6 nitrogen and oxygen atoms in total. The first kappa shape index (κ1) is 23.4. The average molecular weight is 382 g/mol. The van der Waals surface area contributed by atoms with Crippen LogP contribution in [0.15, 0.2) is 0 Å². The van der Waals surface area contributed by atoms with Gasteiger partial charge in [0, 0.05) is 12.6 Å². The van der Waals surface area contributed by atoms with Crippen LogP contribution in [0.3, 0.4) is 0 Å². The van der Waals surface area contributed by atoms with Gasteiger partial charge in [-0.1, -0.05) is 40.5 Å². The Kier molecular flexibility index (Phi) is 9.81. The lowest BCUT2D eigenvalue weighted by Crippen LogP contribution is -2.56. The van der Waals surface area contributed by atoms with Gasteiger partial charge in [0.2, 0.25) is 5.91 Å². The fraction of sp³-hybridized carbons (Fsp3) is 0.857. The predicted octanol–water partition coefficient (Wildman–Crippen LogP) is 3.50. The van der Waals surface area contributed by atoms with Crippen LogP contribution >= 0.6 is 0 Å². The summed E-state index contributed by atoms with van der Waals surface area (Å²) in [7, 11) is 0. The zero-order valence-electron chi connectivity index (χ0n) is 18.0. The summed E-state index contributed by atoms with van der Waals surface area (Å²) in [5.74, 6) is 0.300. The number of carbonyl (C=O) groups is 3. The van der Waals surface area contributed by atoms with E-state index < -0.39 is 6.04 Å². The number of amides is 3. The summed E-state index contributed by atoms with van der Waals surface area (Å²) in [6, 6.07) is -1.22. The lowest BCUT2D eigenvalue weighted by Gasteiger charge is -2.31. The minimum absolute atomic E-state index is 0.0167. The molecule has 156 valence electrons. The van der Waals surface area contributed by atoms with Gasteiger partial charge in [-0.15, -0.1) is 0 Å². The van der Waals surface area contributed by atoms with E-state index in [1.807, 2.05) is 20.8 Å². The summed E-state index contributed by atoms with van der Waals surface area (Å²) in [4.78, 5) is 39.6. The van der Waals surface area contributed by atoms with Crippen molar-refractivity contribution in [3.63, 3.8) is 0 Å². The van der Waals surface area contributed by atoms with E-state index in [1.54, 1.807) is 11.8 Å². The highest BCUT2D eigenvalue weighted by atomic mass is 16.2. The van der Waals surface area contributed by atoms with E-state index in [9.17, 15) is 14.4 Å². The Bertz CT molecular complexity index is 509. The monoisotopic (exact) mass is 381 g/mol. The SMILES string of the molecule is CCCC(C)C(NC(=O)NC(C)CC)C(=O)N1C[C@H](CCC)CC1C(C)=O. The molecule has 1 aliphatic heterocycles. The number of nitrogens with one attached hydrogen (secondary N) is 2. The fourth-order valence-electron chi connectivity index (χ4n) is 3.93. The Hall–Kier alpha value is -1.59. The standard InChI is InChI=1S/C21H39N3O3/c1-7-10-14(4)19(23-21(27)22-15(5)9-3)20(26)24-13-17(11-8-2)12-18(24)16(6)25/h14-15,17-19H,7-13H2,1-6H3,(H2,22,23,27)/t14?,15?,17-,18?,19?/m1/s1. The first-order valence-corrected chi connectivity index (χ1v) is 10.6. The summed E-state index contributed by atoms with van der Waals surface area (Å²) < 4.78 is 0. The van der Waals surface area contributed by atoms with Crippen molar-refractivity contribution in [1.82, 2.24) is 15.5 Å². The average Bonchev–Trinajstić information content (AvgIpc) is 3.03. The van der Waals surface area contributed by atoms with Crippen LogP contribution in [0.2, 0.25) is 0 Å². The third-order valence-electron chi connectivity index (χ3n) is 5.69. The van der Waals surface area contributed by atoms with Gasteiger partial charge < -0.3 is 15.5 Å². The largest absolute Gasteiger partial charge is 0.336 e. The van der Waals surface area contributed by atoms with Crippen molar-refractivity contribution in [3.05, 3.63) is 0 Å². The molecule has 0 spiro atoms. The molecule has 27 heavy (non-hydrogen) atoms. The molecule has 0 aromatic heterocycles. The summed E-state index contributed by atoms with van der Waals surface area (Å²) in [5.41, 5.74) is 0. The summed E-state index contributed by atoms with van der Waals surface area (Å²) >= 11 is 0. The lowest BCUT2D eigenvalue weighted by molar-refractivity contribution is -0.139. The van der Waals surface area contributed by atoms with E-state index in [0.29, 0.717) is 12.5 Å². The maximum atomic E-state index is 13.3. The van der Waals surface area contributed by atoms with E-state index in [0.717, 1.165) is 38.5 Å². The van der Waals surface area contributed by atoms with E-state index in [2.05, 4.69) is 24.5 Å². The molecular formula is C21H39N3O3. The maximum absolute atomic E-state index is 13.3. The maximum Gasteiger partial charge on any atom is 0.315 e. The molecule has 0 aliphatic carbocycles. The van der Waals surface area contributed by atoms with Gasteiger partial charge in [0.15, 0.2) is 5.78 Å². The molecule has 0 bridgehead atoms. The zero-order valence-corrected chi connectivity index (χ0v) is 18.0. The van der Waals surface area contributed by atoms with E-state index in [-0.39, 0.29) is 35.7 Å². The van der Waals surface area contributed by atoms with Crippen molar-refractivity contribution in [2.45, 2.75) is 98.2 Å². The number of urea groups is 1. The van der Waals surface area contributed by atoms with Gasteiger partial charge in [-0.2, -0.15) is 0 Å². The van der Waals surface area contributed by atoms with Crippen LogP contribution in [0.5, 0.6) is 0 Å². The Labute approximate surface area is 164 Å². The molecular weight excluding hydrogens is 342 g/mol. The van der Waals surface area contributed by atoms with Gasteiger partial charge in [0.25, 0.3) is 0 Å². The number of likely N-dealkylation sites (tertiary alicyclic amines) is 1. The lowest BCUT2D eigenvalue weighted by atomic mass is 9.95. The van der Waals surface area contributed by atoms with Crippen LogP contribution in [0.1, 0.15) is 80.1 Å². The van der Waals surface area contributed by atoms with Gasteiger partial charge in [-0.25, -0.2) is 4.79 Å². The second kappa shape index (κ2) is 11.3. The van der Waals surface area contributed by atoms with E-state index >= 15 is 0 Å². The minimum atomic E-state index is -0.601. The summed E-state index contributed by atoms with van der Waals surface area (Å²) in [6.07, 6.45) is 5.41. The van der Waals surface area contributed by atoms with Gasteiger partial charge in [0.05, 0.1) is 6.04 Å². The van der Waals surface area contributed by atoms with Crippen LogP contribution in [-0.4, -0.2) is 47.3 Å². The molecule has 1 heterocycles. The fourth-order valence-corrected chi connectivity index (χ4v) is 3.93. The number of ketones is 1.